The van der Waals surface area contributed by atoms with Crippen molar-refractivity contribution < 1.29 is 24.3 Å². The normalized spacial score (nSPS) is 19.5. The first-order chi connectivity index (χ1) is 17.1. The number of aromatic nitrogens is 2. The van der Waals surface area contributed by atoms with Gasteiger partial charge < -0.3 is 25.0 Å². The van der Waals surface area contributed by atoms with Crippen molar-refractivity contribution in [2.75, 3.05) is 6.54 Å². The van der Waals surface area contributed by atoms with Crippen LogP contribution in [0, 0.1) is 12.8 Å². The molecule has 36 heavy (non-hydrogen) atoms. The van der Waals surface area contributed by atoms with E-state index < -0.39 is 29.9 Å². The van der Waals surface area contributed by atoms with Crippen molar-refractivity contribution in [2.45, 2.75) is 58.2 Å². The molecule has 1 fully saturated rings. The Balaban J connectivity index is 1.49. The lowest BCUT2D eigenvalue weighted by molar-refractivity contribution is -0.141. The van der Waals surface area contributed by atoms with Crippen LogP contribution in [-0.4, -0.2) is 55.8 Å². The molecular weight excluding hydrogens is 504 g/mol. The zero-order chi connectivity index (χ0) is 26.1. The van der Waals surface area contributed by atoms with E-state index in [-0.39, 0.29) is 41.6 Å². The molecule has 0 bridgehead atoms. The van der Waals surface area contributed by atoms with Gasteiger partial charge in [-0.05, 0) is 36.0 Å². The molecule has 1 aromatic carbocycles. The van der Waals surface area contributed by atoms with Gasteiger partial charge in [-0.3, -0.25) is 9.59 Å². The van der Waals surface area contributed by atoms with Crippen LogP contribution < -0.4 is 5.32 Å². The number of carbonyl (C=O) groups is 2. The molecule has 1 saturated heterocycles. The maximum Gasteiger partial charge on any atom is 0.271 e. The number of aryl methyl sites for hydroxylation is 1. The van der Waals surface area contributed by atoms with Gasteiger partial charge in [-0.25, -0.2) is 4.98 Å². The number of aliphatic hydroxyl groups excluding tert-OH is 1. The molecule has 3 heterocycles. The van der Waals surface area contributed by atoms with Gasteiger partial charge in [-0.2, -0.15) is 0 Å². The summed E-state index contributed by atoms with van der Waals surface area (Å²) in [6, 6.07) is 6.74. The molecule has 0 spiro atoms. The van der Waals surface area contributed by atoms with Gasteiger partial charge in [0.25, 0.3) is 5.88 Å². The third-order valence-corrected chi connectivity index (χ3v) is 7.83. The molecule has 4 atom stereocenters. The quantitative estimate of drug-likeness (QED) is 0.418. The summed E-state index contributed by atoms with van der Waals surface area (Å²) in [5.74, 6) is -2.36. The second kappa shape index (κ2) is 10.6. The van der Waals surface area contributed by atoms with Crippen LogP contribution in [0.2, 0.25) is 5.02 Å². The van der Waals surface area contributed by atoms with E-state index in [4.69, 9.17) is 16.1 Å². The summed E-state index contributed by atoms with van der Waals surface area (Å²) in [5.41, 5.74) is 4.76. The Bertz CT molecular complexity index is 1240. The minimum absolute atomic E-state index is 0.00908. The first-order valence-electron chi connectivity index (χ1n) is 11.7. The molecule has 2 unspecified atom stereocenters. The van der Waals surface area contributed by atoms with Gasteiger partial charge in [0, 0.05) is 13.0 Å². The van der Waals surface area contributed by atoms with Gasteiger partial charge in [-0.15, -0.1) is 11.3 Å². The molecule has 3 N–H and O–H groups in total. The number of rotatable bonds is 7. The second-order valence-corrected chi connectivity index (χ2v) is 10.7. The van der Waals surface area contributed by atoms with Gasteiger partial charge in [0.15, 0.2) is 5.76 Å². The van der Waals surface area contributed by atoms with E-state index in [9.17, 15) is 19.8 Å². The Labute approximate surface area is 218 Å². The predicted molar refractivity (Wildman–Crippen MR) is 136 cm³/mol. The maximum absolute atomic E-state index is 13.5. The Kier molecular flexibility index (Phi) is 7.67. The van der Waals surface area contributed by atoms with Crippen LogP contribution in [-0.2, 0) is 9.59 Å². The summed E-state index contributed by atoms with van der Waals surface area (Å²) in [6.45, 7) is 7.46. The average molecular weight is 533 g/mol. The number of thiazole rings is 1. The monoisotopic (exact) mass is 532 g/mol. The largest absolute Gasteiger partial charge is 0.490 e. The van der Waals surface area contributed by atoms with Gasteiger partial charge in [0.1, 0.15) is 17.0 Å². The lowest BCUT2D eigenvalue weighted by Gasteiger charge is -2.29. The fourth-order valence-corrected chi connectivity index (χ4v) is 5.55. The maximum atomic E-state index is 13.5. The van der Waals surface area contributed by atoms with Crippen molar-refractivity contribution in [1.29, 1.82) is 0 Å². The number of halogens is 1. The first-order valence-corrected chi connectivity index (χ1v) is 13.0. The van der Waals surface area contributed by atoms with Crippen molar-refractivity contribution in [3.05, 3.63) is 51.8 Å². The molecular formula is C25H29ClN4O5S. The van der Waals surface area contributed by atoms with Crippen molar-refractivity contribution >= 4 is 34.8 Å². The standard InChI is InChI=1S/C25H29ClN4O5S/c1-12(2)19(21-20(26)24(33)29-35-21)25(34)30-10-17(31)9-18(30)23(32)28-13(3)15-5-7-16(8-6-15)22-14(4)27-11-36-22/h5-8,11-13,17-19,31H,9-10H2,1-4H3,(H,28,32)(H,29,33)/t13?,17-,18+,19?/m1/s1. The van der Waals surface area contributed by atoms with Gasteiger partial charge in [0.2, 0.25) is 11.8 Å². The molecule has 0 radical (unpaired) electrons. The smallest absolute Gasteiger partial charge is 0.271 e. The number of hydrogen-bond donors (Lipinski definition) is 3. The van der Waals surface area contributed by atoms with E-state index in [1.807, 2.05) is 43.6 Å². The molecule has 0 saturated carbocycles. The summed E-state index contributed by atoms with van der Waals surface area (Å²) in [6.07, 6.45) is -0.720. The fraction of sp³-hybridized carbons (Fsp3) is 0.440. The summed E-state index contributed by atoms with van der Waals surface area (Å²) in [7, 11) is 0. The molecule has 3 aromatic rings. The number of benzene rings is 1. The first kappa shape index (κ1) is 26.1. The number of aliphatic hydroxyl groups is 1. The second-order valence-electron chi connectivity index (χ2n) is 9.42. The van der Waals surface area contributed by atoms with E-state index in [1.54, 1.807) is 25.2 Å². The molecule has 1 aliphatic rings. The number of aromatic hydroxyl groups is 1. The molecule has 9 nitrogen and oxygen atoms in total. The van der Waals surface area contributed by atoms with Crippen molar-refractivity contribution in [1.82, 2.24) is 20.4 Å². The Hall–Kier alpha value is -2.95. The minimum atomic E-state index is -0.869. The lowest BCUT2D eigenvalue weighted by Crippen LogP contribution is -2.48. The zero-order valence-corrected chi connectivity index (χ0v) is 22.0. The average Bonchev–Trinajstić information content (AvgIpc) is 3.53. The molecule has 2 amide bonds. The van der Waals surface area contributed by atoms with Crippen LogP contribution >= 0.6 is 22.9 Å². The number of carbonyl (C=O) groups excluding carboxylic acids is 2. The fourth-order valence-electron chi connectivity index (χ4n) is 4.56. The van der Waals surface area contributed by atoms with Crippen LogP contribution in [0.5, 0.6) is 5.88 Å². The Morgan fingerprint density at radius 3 is 2.50 bits per heavy atom. The highest BCUT2D eigenvalue weighted by Crippen LogP contribution is 2.38. The number of nitrogens with one attached hydrogen (secondary N) is 1. The lowest BCUT2D eigenvalue weighted by atomic mass is 9.91. The van der Waals surface area contributed by atoms with Crippen LogP contribution in [0.15, 0.2) is 34.3 Å². The number of nitrogens with zero attached hydrogens (tertiary/aromatic N) is 3. The molecule has 2 aromatic heterocycles. The summed E-state index contributed by atoms with van der Waals surface area (Å²) in [5, 5.41) is 26.3. The van der Waals surface area contributed by atoms with Crippen LogP contribution in [0.3, 0.4) is 0 Å². The van der Waals surface area contributed by atoms with Gasteiger partial charge in [-0.1, -0.05) is 49.7 Å². The third-order valence-electron chi connectivity index (χ3n) is 6.50. The Morgan fingerprint density at radius 2 is 1.94 bits per heavy atom. The molecule has 4 rings (SSSR count). The van der Waals surface area contributed by atoms with Gasteiger partial charge in [0.05, 0.1) is 28.2 Å². The highest BCUT2D eigenvalue weighted by molar-refractivity contribution is 7.13. The highest BCUT2D eigenvalue weighted by atomic mass is 35.5. The van der Waals surface area contributed by atoms with E-state index in [2.05, 4.69) is 15.5 Å². The zero-order valence-electron chi connectivity index (χ0n) is 20.4. The summed E-state index contributed by atoms with van der Waals surface area (Å²) >= 11 is 7.68. The number of likely N-dealkylation sites (tertiary alicyclic amines) is 1. The van der Waals surface area contributed by atoms with Gasteiger partial charge >= 0.3 is 0 Å². The van der Waals surface area contributed by atoms with E-state index in [0.29, 0.717) is 0 Å². The molecule has 11 heteroatoms. The van der Waals surface area contributed by atoms with Crippen LogP contribution in [0.25, 0.3) is 10.4 Å². The number of hydrogen-bond acceptors (Lipinski definition) is 8. The van der Waals surface area contributed by atoms with Crippen molar-refractivity contribution in [3.8, 4) is 16.3 Å². The number of amides is 2. The van der Waals surface area contributed by atoms with E-state index in [0.717, 1.165) is 21.7 Å². The Morgan fingerprint density at radius 1 is 1.25 bits per heavy atom. The molecule has 1 aliphatic heterocycles. The van der Waals surface area contributed by atoms with Crippen molar-refractivity contribution in [3.63, 3.8) is 0 Å². The summed E-state index contributed by atoms with van der Waals surface area (Å²) < 4.78 is 5.14. The van der Waals surface area contributed by atoms with Crippen LogP contribution in [0.4, 0.5) is 0 Å². The molecule has 192 valence electrons. The number of β-amino-alcohol motifs (C(OH)–C–C–N with tert-alkyl or cyclic N) is 1. The summed E-state index contributed by atoms with van der Waals surface area (Å²) in [4.78, 5) is 33.6. The van der Waals surface area contributed by atoms with Crippen molar-refractivity contribution in [2.24, 2.45) is 5.92 Å². The minimum Gasteiger partial charge on any atom is -0.490 e. The highest BCUT2D eigenvalue weighted by Gasteiger charge is 2.44. The topological polar surface area (TPSA) is 129 Å². The third kappa shape index (κ3) is 5.11. The van der Waals surface area contributed by atoms with E-state index in [1.165, 1.54) is 4.90 Å². The van der Waals surface area contributed by atoms with Crippen LogP contribution in [0.1, 0.15) is 56.2 Å². The predicted octanol–water partition coefficient (Wildman–Crippen LogP) is 4.04. The SMILES string of the molecule is Cc1ncsc1-c1ccc(C(C)NC(=O)[C@@H]2C[C@@H](O)CN2C(=O)C(c2onc(O)c2Cl)C(C)C)cc1. The van der Waals surface area contributed by atoms with E-state index >= 15 is 0 Å². The molecule has 0 aliphatic carbocycles.